The summed E-state index contributed by atoms with van der Waals surface area (Å²) in [6.07, 6.45) is 5.95. The molecule has 0 bridgehead atoms. The zero-order valence-electron chi connectivity index (χ0n) is 24.3. The average molecular weight is 558 g/mol. The van der Waals surface area contributed by atoms with Crippen molar-refractivity contribution in [3.63, 3.8) is 0 Å². The van der Waals surface area contributed by atoms with Crippen LogP contribution in [0.1, 0.15) is 48.8 Å². The number of β-amino-alcohol motifs (C(OH)–C–C–N with tert-alkyl or cyclic N) is 1. The third-order valence-electron chi connectivity index (χ3n) is 8.53. The van der Waals surface area contributed by atoms with E-state index < -0.39 is 6.10 Å². The van der Waals surface area contributed by atoms with Gasteiger partial charge in [-0.2, -0.15) is 0 Å². The molecule has 3 aromatic rings. The van der Waals surface area contributed by atoms with Crippen LogP contribution < -0.4 is 9.47 Å². The van der Waals surface area contributed by atoms with Crippen LogP contribution in [0, 0.1) is 5.92 Å². The Hall–Kier alpha value is -3.55. The van der Waals surface area contributed by atoms with Gasteiger partial charge in [0.2, 0.25) is 0 Å². The van der Waals surface area contributed by atoms with Gasteiger partial charge in [0.1, 0.15) is 11.5 Å². The van der Waals surface area contributed by atoms with Crippen molar-refractivity contribution in [1.29, 1.82) is 0 Å². The molecule has 5 rings (SSSR count). The number of ether oxygens (including phenoxy) is 2. The van der Waals surface area contributed by atoms with Crippen molar-refractivity contribution in [1.82, 2.24) is 14.9 Å². The fourth-order valence-corrected chi connectivity index (χ4v) is 6.18. The topological polar surface area (TPSA) is 65.5 Å². The van der Waals surface area contributed by atoms with Gasteiger partial charge < -0.3 is 19.5 Å². The number of amides is 2. The van der Waals surface area contributed by atoms with Gasteiger partial charge >= 0.3 is 6.03 Å². The SMILES string of the molecule is COc1ccc(CN2C(=O)N(Cc3ccc(OC)cc3)N(CC3CCCCC3)CC(O)C2Cc2ccccc2)cc1. The van der Waals surface area contributed by atoms with Gasteiger partial charge in [-0.25, -0.2) is 9.80 Å². The van der Waals surface area contributed by atoms with Gasteiger partial charge in [0, 0.05) is 19.6 Å². The Balaban J connectivity index is 1.50. The standard InChI is InChI=1S/C34H43N3O4/c1-40-30-17-13-28(14-18-30)23-36-32(21-26-9-5-3-6-10-26)33(38)25-35(22-27-11-7-4-8-12-27)37(34(36)39)24-29-15-19-31(41-2)20-16-29/h3,5-6,9-10,13-20,27,32-33,38H,4,7-8,11-12,21-25H2,1-2H3. The van der Waals surface area contributed by atoms with E-state index >= 15 is 0 Å². The fraction of sp³-hybridized carbons (Fsp3) is 0.441. The Bertz CT molecular complexity index is 1230. The number of aliphatic hydroxyl groups excluding tert-OH is 1. The van der Waals surface area contributed by atoms with Gasteiger partial charge in [-0.15, -0.1) is 0 Å². The second-order valence-corrected chi connectivity index (χ2v) is 11.4. The van der Waals surface area contributed by atoms with Crippen molar-refractivity contribution >= 4 is 6.03 Å². The van der Waals surface area contributed by atoms with E-state index in [1.54, 1.807) is 14.2 Å². The molecule has 1 aliphatic heterocycles. The number of urea groups is 1. The molecule has 2 aliphatic rings. The maximum absolute atomic E-state index is 14.6. The lowest BCUT2D eigenvalue weighted by atomic mass is 9.89. The Morgan fingerprint density at radius 1 is 0.756 bits per heavy atom. The molecule has 2 atom stereocenters. The summed E-state index contributed by atoms with van der Waals surface area (Å²) >= 11 is 0. The Morgan fingerprint density at radius 3 is 1.93 bits per heavy atom. The molecular weight excluding hydrogens is 514 g/mol. The summed E-state index contributed by atoms with van der Waals surface area (Å²) in [5.41, 5.74) is 3.12. The lowest BCUT2D eigenvalue weighted by Crippen LogP contribution is -2.52. The summed E-state index contributed by atoms with van der Waals surface area (Å²) in [5.74, 6) is 2.08. The molecule has 2 unspecified atom stereocenters. The number of rotatable bonds is 10. The van der Waals surface area contributed by atoms with Gasteiger partial charge in [0.15, 0.2) is 0 Å². The van der Waals surface area contributed by atoms with Crippen LogP contribution in [0.3, 0.4) is 0 Å². The zero-order valence-corrected chi connectivity index (χ0v) is 24.3. The van der Waals surface area contributed by atoms with Gasteiger partial charge in [-0.3, -0.25) is 5.01 Å². The summed E-state index contributed by atoms with van der Waals surface area (Å²) in [7, 11) is 3.31. The molecule has 218 valence electrons. The first-order valence-electron chi connectivity index (χ1n) is 14.8. The lowest BCUT2D eigenvalue weighted by molar-refractivity contribution is -0.0287. The number of carbonyl (C=O) groups is 1. The highest BCUT2D eigenvalue weighted by Gasteiger charge is 2.40. The first kappa shape index (κ1) is 29.0. The number of aliphatic hydroxyl groups is 1. The van der Waals surface area contributed by atoms with Crippen molar-refractivity contribution in [2.75, 3.05) is 27.3 Å². The van der Waals surface area contributed by atoms with Crippen LogP contribution in [-0.4, -0.2) is 65.5 Å². The van der Waals surface area contributed by atoms with E-state index in [1.807, 2.05) is 76.6 Å². The highest BCUT2D eigenvalue weighted by atomic mass is 16.5. The molecule has 0 radical (unpaired) electrons. The summed E-state index contributed by atoms with van der Waals surface area (Å²) in [5, 5.41) is 15.8. The van der Waals surface area contributed by atoms with Crippen molar-refractivity contribution in [2.24, 2.45) is 5.92 Å². The molecular formula is C34H43N3O4. The minimum absolute atomic E-state index is 0.0788. The number of methoxy groups -OCH3 is 2. The zero-order chi connectivity index (χ0) is 28.6. The highest BCUT2D eigenvalue weighted by molar-refractivity contribution is 5.75. The molecule has 1 heterocycles. The number of hydrazine groups is 1. The normalized spacial score (nSPS) is 20.6. The summed E-state index contributed by atoms with van der Waals surface area (Å²) in [6.45, 7) is 2.01. The van der Waals surface area contributed by atoms with E-state index in [4.69, 9.17) is 9.47 Å². The minimum atomic E-state index is -0.707. The van der Waals surface area contributed by atoms with E-state index in [9.17, 15) is 9.90 Å². The molecule has 1 saturated carbocycles. The third-order valence-corrected chi connectivity index (χ3v) is 8.53. The third kappa shape index (κ3) is 7.40. The van der Waals surface area contributed by atoms with Gasteiger partial charge in [0.05, 0.1) is 32.9 Å². The lowest BCUT2D eigenvalue weighted by Gasteiger charge is -2.38. The second kappa shape index (κ2) is 13.9. The second-order valence-electron chi connectivity index (χ2n) is 11.4. The van der Waals surface area contributed by atoms with E-state index in [0.29, 0.717) is 32.0 Å². The van der Waals surface area contributed by atoms with Crippen LogP contribution in [0.5, 0.6) is 11.5 Å². The highest BCUT2D eigenvalue weighted by Crippen LogP contribution is 2.30. The summed E-state index contributed by atoms with van der Waals surface area (Å²) in [6, 6.07) is 25.5. The molecule has 1 N–H and O–H groups in total. The molecule has 1 saturated heterocycles. The predicted molar refractivity (Wildman–Crippen MR) is 161 cm³/mol. The summed E-state index contributed by atoms with van der Waals surface area (Å²) < 4.78 is 10.7. The quantitative estimate of drug-likeness (QED) is 0.336. The molecule has 3 aromatic carbocycles. The van der Waals surface area contributed by atoms with Crippen molar-refractivity contribution in [2.45, 2.75) is 63.8 Å². The van der Waals surface area contributed by atoms with E-state index in [2.05, 4.69) is 17.1 Å². The minimum Gasteiger partial charge on any atom is -0.497 e. The number of carbonyl (C=O) groups excluding carboxylic acids is 1. The number of nitrogens with zero attached hydrogens (tertiary/aromatic N) is 3. The van der Waals surface area contributed by atoms with Gasteiger partial charge in [0.25, 0.3) is 0 Å². The average Bonchev–Trinajstić information content (AvgIpc) is 3.10. The monoisotopic (exact) mass is 557 g/mol. The van der Waals surface area contributed by atoms with E-state index in [0.717, 1.165) is 34.7 Å². The van der Waals surface area contributed by atoms with Crippen LogP contribution in [0.2, 0.25) is 0 Å². The predicted octanol–water partition coefficient (Wildman–Crippen LogP) is 5.91. The van der Waals surface area contributed by atoms with E-state index in [1.165, 1.54) is 32.1 Å². The smallest absolute Gasteiger partial charge is 0.335 e. The Morgan fingerprint density at radius 2 is 1.34 bits per heavy atom. The molecule has 41 heavy (non-hydrogen) atoms. The first-order chi connectivity index (χ1) is 20.0. The maximum atomic E-state index is 14.6. The molecule has 7 heteroatoms. The van der Waals surface area contributed by atoms with Crippen molar-refractivity contribution in [3.8, 4) is 11.5 Å². The molecule has 2 fully saturated rings. The van der Waals surface area contributed by atoms with Gasteiger partial charge in [-0.1, -0.05) is 73.9 Å². The maximum Gasteiger partial charge on any atom is 0.335 e. The van der Waals surface area contributed by atoms with Crippen LogP contribution in [0.25, 0.3) is 0 Å². The summed E-state index contributed by atoms with van der Waals surface area (Å²) in [4.78, 5) is 16.5. The van der Waals surface area contributed by atoms with Crippen LogP contribution >= 0.6 is 0 Å². The fourth-order valence-electron chi connectivity index (χ4n) is 6.18. The van der Waals surface area contributed by atoms with Crippen molar-refractivity contribution < 1.29 is 19.4 Å². The number of benzene rings is 3. The molecule has 1 aliphatic carbocycles. The van der Waals surface area contributed by atoms with Crippen LogP contribution in [-0.2, 0) is 19.5 Å². The molecule has 0 aromatic heterocycles. The Labute approximate surface area is 244 Å². The largest absolute Gasteiger partial charge is 0.497 e. The Kier molecular flexibility index (Phi) is 9.80. The number of hydrogen-bond donors (Lipinski definition) is 1. The van der Waals surface area contributed by atoms with E-state index in [-0.39, 0.29) is 12.1 Å². The molecule has 0 spiro atoms. The van der Waals surface area contributed by atoms with Crippen LogP contribution in [0.4, 0.5) is 4.79 Å². The molecule has 2 amide bonds. The molecule has 7 nitrogen and oxygen atoms in total. The first-order valence-corrected chi connectivity index (χ1v) is 14.8. The van der Waals surface area contributed by atoms with Crippen molar-refractivity contribution in [3.05, 3.63) is 95.6 Å². The van der Waals surface area contributed by atoms with Gasteiger partial charge in [-0.05, 0) is 66.1 Å². The van der Waals surface area contributed by atoms with Crippen LogP contribution in [0.15, 0.2) is 78.9 Å². The number of hydrogen-bond acceptors (Lipinski definition) is 5.